The summed E-state index contributed by atoms with van der Waals surface area (Å²) in [5, 5.41) is 5.58. The Labute approximate surface area is 205 Å². The van der Waals surface area contributed by atoms with Gasteiger partial charge in [-0.1, -0.05) is 18.2 Å². The Morgan fingerprint density at radius 3 is 2.54 bits per heavy atom. The molecule has 3 rings (SSSR count). The molecule has 12 heteroatoms. The van der Waals surface area contributed by atoms with Crippen LogP contribution in [0.25, 0.3) is 0 Å². The molecule has 1 heterocycles. The first kappa shape index (κ1) is 26.3. The third-order valence-corrected chi connectivity index (χ3v) is 6.35. The second-order valence-electron chi connectivity index (χ2n) is 7.44. The fraction of sp³-hybridized carbons (Fsp3) is 0.217. The maximum atomic E-state index is 13.0. The maximum Gasteiger partial charge on any atom is 0.416 e. The van der Waals surface area contributed by atoms with Crippen molar-refractivity contribution in [2.45, 2.75) is 19.1 Å². The van der Waals surface area contributed by atoms with Crippen LogP contribution in [0.3, 0.4) is 0 Å². The second kappa shape index (κ2) is 11.4. The van der Waals surface area contributed by atoms with Gasteiger partial charge in [0.2, 0.25) is 10.0 Å². The highest BCUT2D eigenvalue weighted by Gasteiger charge is 2.30. The number of anilines is 3. The van der Waals surface area contributed by atoms with Crippen molar-refractivity contribution < 1.29 is 26.4 Å². The van der Waals surface area contributed by atoms with Gasteiger partial charge in [-0.05, 0) is 54.4 Å². The number of hydrogen-bond acceptors (Lipinski definition) is 5. The van der Waals surface area contributed by atoms with Crippen molar-refractivity contribution in [1.29, 1.82) is 0 Å². The molecule has 0 atom stereocenters. The van der Waals surface area contributed by atoms with Gasteiger partial charge in [0.25, 0.3) is 5.91 Å². The molecule has 7 nitrogen and oxygen atoms in total. The number of nitrogens with zero attached hydrogens (tertiary/aromatic N) is 1. The number of rotatable bonds is 10. The molecule has 186 valence electrons. The highest BCUT2D eigenvalue weighted by Crippen LogP contribution is 2.31. The molecule has 0 saturated carbocycles. The van der Waals surface area contributed by atoms with Crippen LogP contribution in [0.4, 0.5) is 30.4 Å². The SMILES string of the molecule is O=C(Nc1cccc(C(F)(F)F)c1)c1ccccc1NCc1ccnc(NS(=O)(=O)CCCCl)c1. The zero-order valence-corrected chi connectivity index (χ0v) is 19.8. The van der Waals surface area contributed by atoms with Crippen LogP contribution in [0.5, 0.6) is 0 Å². The van der Waals surface area contributed by atoms with Gasteiger partial charge in [-0.25, -0.2) is 13.4 Å². The molecule has 3 aromatic rings. The van der Waals surface area contributed by atoms with E-state index in [1.165, 1.54) is 24.4 Å². The van der Waals surface area contributed by atoms with Gasteiger partial charge in [-0.3, -0.25) is 9.52 Å². The first-order valence-electron chi connectivity index (χ1n) is 10.4. The molecule has 1 amide bonds. The molecular formula is C23H22ClF3N4O3S. The summed E-state index contributed by atoms with van der Waals surface area (Å²) in [6.45, 7) is 0.229. The highest BCUT2D eigenvalue weighted by molar-refractivity contribution is 7.92. The molecule has 0 aliphatic heterocycles. The Hall–Kier alpha value is -3.31. The molecule has 35 heavy (non-hydrogen) atoms. The molecule has 0 bridgehead atoms. The predicted molar refractivity (Wildman–Crippen MR) is 130 cm³/mol. The molecule has 0 fully saturated rings. The number of amides is 1. The zero-order chi connectivity index (χ0) is 25.5. The van der Waals surface area contributed by atoms with Crippen LogP contribution in [-0.2, 0) is 22.7 Å². The van der Waals surface area contributed by atoms with E-state index in [1.807, 2.05) is 0 Å². The van der Waals surface area contributed by atoms with Gasteiger partial charge in [0.05, 0.1) is 16.9 Å². The van der Waals surface area contributed by atoms with Gasteiger partial charge < -0.3 is 10.6 Å². The van der Waals surface area contributed by atoms with E-state index in [0.717, 1.165) is 12.1 Å². The largest absolute Gasteiger partial charge is 0.416 e. The number of carbonyl (C=O) groups excluding carboxylic acids is 1. The third kappa shape index (κ3) is 7.86. The number of aromatic nitrogens is 1. The van der Waals surface area contributed by atoms with Crippen LogP contribution < -0.4 is 15.4 Å². The maximum absolute atomic E-state index is 13.0. The predicted octanol–water partition coefficient (Wildman–Crippen LogP) is 5.34. The third-order valence-electron chi connectivity index (χ3n) is 4.73. The number of sulfonamides is 1. The number of pyridine rings is 1. The first-order valence-corrected chi connectivity index (χ1v) is 12.6. The van der Waals surface area contributed by atoms with Crippen molar-refractivity contribution in [2.75, 3.05) is 27.0 Å². The van der Waals surface area contributed by atoms with Gasteiger partial charge in [0.1, 0.15) is 5.82 Å². The summed E-state index contributed by atoms with van der Waals surface area (Å²) in [6, 6.07) is 14.1. The summed E-state index contributed by atoms with van der Waals surface area (Å²) in [5.41, 5.74) is 0.496. The molecule has 1 aromatic heterocycles. The standard InChI is InChI=1S/C23H22ClF3N4O3S/c24-10-4-12-35(33,34)31-21-13-16(9-11-28-21)15-29-20-8-2-1-7-19(20)22(32)30-18-6-3-5-17(14-18)23(25,26)27/h1-3,5-9,11,13-14,29H,4,10,12,15H2,(H,28,31)(H,30,32). The van der Waals surface area contributed by atoms with Crippen LogP contribution in [0.1, 0.15) is 27.9 Å². The van der Waals surface area contributed by atoms with Gasteiger partial charge in [-0.2, -0.15) is 13.2 Å². The summed E-state index contributed by atoms with van der Waals surface area (Å²) in [6.07, 6.45) is -2.78. The van der Waals surface area contributed by atoms with E-state index in [9.17, 15) is 26.4 Å². The van der Waals surface area contributed by atoms with Crippen molar-refractivity contribution >= 4 is 44.7 Å². The minimum absolute atomic E-state index is 0.0138. The van der Waals surface area contributed by atoms with Crippen molar-refractivity contribution in [3.8, 4) is 0 Å². The molecule has 0 aliphatic carbocycles. The van der Waals surface area contributed by atoms with E-state index in [1.54, 1.807) is 30.3 Å². The highest BCUT2D eigenvalue weighted by atomic mass is 35.5. The Kier molecular flexibility index (Phi) is 8.57. The minimum atomic E-state index is -4.53. The van der Waals surface area contributed by atoms with Crippen molar-refractivity contribution in [3.63, 3.8) is 0 Å². The van der Waals surface area contributed by atoms with Crippen LogP contribution in [0.15, 0.2) is 66.9 Å². The van der Waals surface area contributed by atoms with E-state index in [2.05, 4.69) is 20.3 Å². The quantitative estimate of drug-likeness (QED) is 0.310. The van der Waals surface area contributed by atoms with E-state index >= 15 is 0 Å². The zero-order valence-electron chi connectivity index (χ0n) is 18.3. The number of hydrogen-bond donors (Lipinski definition) is 3. The Morgan fingerprint density at radius 1 is 1.03 bits per heavy atom. The fourth-order valence-electron chi connectivity index (χ4n) is 3.10. The number of carbonyl (C=O) groups is 1. The number of halogens is 4. The van der Waals surface area contributed by atoms with Crippen molar-refractivity contribution in [2.24, 2.45) is 0 Å². The molecule has 0 unspecified atom stereocenters. The summed E-state index contributed by atoms with van der Waals surface area (Å²) in [4.78, 5) is 16.8. The molecule has 0 radical (unpaired) electrons. The van der Waals surface area contributed by atoms with Crippen LogP contribution in [0.2, 0.25) is 0 Å². The number of alkyl halides is 4. The lowest BCUT2D eigenvalue weighted by Crippen LogP contribution is -2.18. The topological polar surface area (TPSA) is 100 Å². The Bertz CT molecular complexity index is 1290. The van der Waals surface area contributed by atoms with Gasteiger partial charge in [-0.15, -0.1) is 11.6 Å². The molecular weight excluding hydrogens is 505 g/mol. The normalized spacial score (nSPS) is 11.7. The number of benzene rings is 2. The monoisotopic (exact) mass is 526 g/mol. The summed E-state index contributed by atoms with van der Waals surface area (Å²) >= 11 is 5.55. The molecule has 3 N–H and O–H groups in total. The average molecular weight is 527 g/mol. The summed E-state index contributed by atoms with van der Waals surface area (Å²) < 4.78 is 65.4. The van der Waals surface area contributed by atoms with Crippen LogP contribution in [-0.4, -0.2) is 30.9 Å². The van der Waals surface area contributed by atoms with E-state index in [-0.39, 0.29) is 35.2 Å². The molecule has 0 saturated heterocycles. The van der Waals surface area contributed by atoms with E-state index in [0.29, 0.717) is 17.7 Å². The number of nitrogens with one attached hydrogen (secondary N) is 3. The second-order valence-corrected chi connectivity index (χ2v) is 9.66. The molecule has 0 spiro atoms. The van der Waals surface area contributed by atoms with Crippen molar-refractivity contribution in [3.05, 3.63) is 83.6 Å². The number of para-hydroxylation sites is 1. The van der Waals surface area contributed by atoms with E-state index in [4.69, 9.17) is 11.6 Å². The summed E-state index contributed by atoms with van der Waals surface area (Å²) in [7, 11) is -3.58. The minimum Gasteiger partial charge on any atom is -0.380 e. The lowest BCUT2D eigenvalue weighted by atomic mass is 10.1. The smallest absolute Gasteiger partial charge is 0.380 e. The summed E-state index contributed by atoms with van der Waals surface area (Å²) in [5.74, 6) is -0.349. The Morgan fingerprint density at radius 2 is 1.80 bits per heavy atom. The van der Waals surface area contributed by atoms with Crippen LogP contribution >= 0.6 is 11.6 Å². The van der Waals surface area contributed by atoms with Crippen molar-refractivity contribution in [1.82, 2.24) is 4.98 Å². The van der Waals surface area contributed by atoms with E-state index < -0.39 is 27.7 Å². The average Bonchev–Trinajstić information content (AvgIpc) is 2.81. The van der Waals surface area contributed by atoms with Crippen LogP contribution in [0, 0.1) is 0 Å². The molecule has 0 aliphatic rings. The van der Waals surface area contributed by atoms with Gasteiger partial charge >= 0.3 is 6.18 Å². The fourth-order valence-corrected chi connectivity index (χ4v) is 4.45. The first-order chi connectivity index (χ1) is 16.6. The lowest BCUT2D eigenvalue weighted by molar-refractivity contribution is -0.137. The van der Waals surface area contributed by atoms with Gasteiger partial charge in [0, 0.05) is 30.0 Å². The molecule has 2 aromatic carbocycles. The van der Waals surface area contributed by atoms with Gasteiger partial charge in [0.15, 0.2) is 0 Å². The Balaban J connectivity index is 1.70. The lowest BCUT2D eigenvalue weighted by Gasteiger charge is -2.14.